The summed E-state index contributed by atoms with van der Waals surface area (Å²) in [6.45, 7) is 5.47. The van der Waals surface area contributed by atoms with Crippen molar-refractivity contribution in [3.63, 3.8) is 0 Å². The maximum atomic E-state index is 12.2. The molecule has 0 spiro atoms. The minimum Gasteiger partial charge on any atom is -0.481 e. The first-order chi connectivity index (χ1) is 9.25. The Morgan fingerprint density at radius 1 is 1.35 bits per heavy atom. The van der Waals surface area contributed by atoms with Crippen LogP contribution in [0.5, 0.6) is 0 Å². The lowest BCUT2D eigenvalue weighted by atomic mass is 10.1. The van der Waals surface area contributed by atoms with E-state index < -0.39 is 23.2 Å². The number of hydrogen-bond donors (Lipinski definition) is 2. The molecule has 1 amide bonds. The molecule has 5 heteroatoms. The van der Waals surface area contributed by atoms with Crippen molar-refractivity contribution in [3.8, 4) is 0 Å². The predicted octanol–water partition coefficient (Wildman–Crippen LogP) is 2.87. The van der Waals surface area contributed by atoms with E-state index >= 15 is 0 Å². The van der Waals surface area contributed by atoms with Crippen molar-refractivity contribution in [2.24, 2.45) is 17.3 Å². The molecule has 0 heterocycles. The van der Waals surface area contributed by atoms with E-state index in [-0.39, 0.29) is 11.9 Å². The van der Waals surface area contributed by atoms with Crippen LogP contribution in [-0.4, -0.2) is 17.0 Å². The van der Waals surface area contributed by atoms with Gasteiger partial charge in [-0.1, -0.05) is 37.6 Å². The molecule has 1 aliphatic rings. The summed E-state index contributed by atoms with van der Waals surface area (Å²) in [5, 5.41) is 12.6. The number of carbonyl (C=O) groups excluding carboxylic acids is 1. The molecule has 0 unspecified atom stereocenters. The first kappa shape index (κ1) is 14.9. The number of hydrogen-bond acceptors (Lipinski definition) is 2. The van der Waals surface area contributed by atoms with Crippen molar-refractivity contribution in [2.45, 2.75) is 26.8 Å². The molecule has 0 aromatic heterocycles. The van der Waals surface area contributed by atoms with Crippen molar-refractivity contribution < 1.29 is 14.7 Å². The average molecular weight is 296 g/mol. The van der Waals surface area contributed by atoms with Crippen LogP contribution in [0.2, 0.25) is 5.02 Å². The molecule has 1 aromatic rings. The summed E-state index contributed by atoms with van der Waals surface area (Å²) in [6.07, 6.45) is 0. The highest BCUT2D eigenvalue weighted by Gasteiger charge is 2.65. The standard InChI is InChI=1S/C15H18ClNO3/c1-8(9-5-4-6-10(16)7-9)17-13(18)11-12(14(19)20)15(11,2)3/h4-8,11-12H,1-3H3,(H,17,18)(H,19,20)/t8-,11-,12+/m1/s1. The number of amides is 1. The van der Waals surface area contributed by atoms with Crippen molar-refractivity contribution in [2.75, 3.05) is 0 Å². The number of carbonyl (C=O) groups is 2. The van der Waals surface area contributed by atoms with Gasteiger partial charge in [-0.15, -0.1) is 0 Å². The van der Waals surface area contributed by atoms with Gasteiger partial charge in [-0.25, -0.2) is 0 Å². The third-order valence-electron chi connectivity index (χ3n) is 4.08. The molecule has 4 nitrogen and oxygen atoms in total. The summed E-state index contributed by atoms with van der Waals surface area (Å²) >= 11 is 5.92. The fraction of sp³-hybridized carbons (Fsp3) is 0.467. The summed E-state index contributed by atoms with van der Waals surface area (Å²) in [5.41, 5.74) is 0.417. The average Bonchev–Trinajstić information content (AvgIpc) is 2.92. The van der Waals surface area contributed by atoms with Crippen LogP contribution in [0, 0.1) is 17.3 Å². The van der Waals surface area contributed by atoms with Crippen LogP contribution in [0.15, 0.2) is 24.3 Å². The Labute approximate surface area is 123 Å². The van der Waals surface area contributed by atoms with Gasteiger partial charge in [0.1, 0.15) is 0 Å². The van der Waals surface area contributed by atoms with Crippen LogP contribution < -0.4 is 5.32 Å². The second-order valence-electron chi connectivity index (χ2n) is 5.90. The summed E-state index contributed by atoms with van der Waals surface area (Å²) < 4.78 is 0. The first-order valence-corrected chi connectivity index (χ1v) is 6.91. The summed E-state index contributed by atoms with van der Waals surface area (Å²) in [4.78, 5) is 23.3. The summed E-state index contributed by atoms with van der Waals surface area (Å²) in [7, 11) is 0. The maximum Gasteiger partial charge on any atom is 0.307 e. The molecule has 0 saturated heterocycles. The van der Waals surface area contributed by atoms with Crippen molar-refractivity contribution in [1.82, 2.24) is 5.32 Å². The molecule has 2 N–H and O–H groups in total. The quantitative estimate of drug-likeness (QED) is 0.897. The van der Waals surface area contributed by atoms with Crippen molar-refractivity contribution in [1.29, 1.82) is 0 Å². The highest BCUT2D eigenvalue weighted by atomic mass is 35.5. The van der Waals surface area contributed by atoms with Gasteiger partial charge in [0.25, 0.3) is 0 Å². The van der Waals surface area contributed by atoms with E-state index in [2.05, 4.69) is 5.32 Å². The monoisotopic (exact) mass is 295 g/mol. The van der Waals surface area contributed by atoms with Gasteiger partial charge in [-0.3, -0.25) is 9.59 Å². The fourth-order valence-corrected chi connectivity index (χ4v) is 2.95. The van der Waals surface area contributed by atoms with Crippen molar-refractivity contribution >= 4 is 23.5 Å². The fourth-order valence-electron chi connectivity index (χ4n) is 2.75. The van der Waals surface area contributed by atoms with E-state index in [1.165, 1.54) is 0 Å². The summed E-state index contributed by atoms with van der Waals surface area (Å²) in [5.74, 6) is -2.20. The highest BCUT2D eigenvalue weighted by molar-refractivity contribution is 6.30. The lowest BCUT2D eigenvalue weighted by Gasteiger charge is -2.15. The number of nitrogens with one attached hydrogen (secondary N) is 1. The Balaban J connectivity index is 2.04. The lowest BCUT2D eigenvalue weighted by Crippen LogP contribution is -2.30. The number of aliphatic carboxylic acids is 1. The number of rotatable bonds is 4. The normalized spacial score (nSPS) is 24.8. The highest BCUT2D eigenvalue weighted by Crippen LogP contribution is 2.58. The summed E-state index contributed by atoms with van der Waals surface area (Å²) in [6, 6.07) is 7.06. The van der Waals surface area contributed by atoms with Gasteiger partial charge < -0.3 is 10.4 Å². The Kier molecular flexibility index (Phi) is 3.78. The van der Waals surface area contributed by atoms with E-state index in [0.717, 1.165) is 5.56 Å². The largest absolute Gasteiger partial charge is 0.481 e. The molecule has 1 saturated carbocycles. The molecule has 3 atom stereocenters. The van der Waals surface area contributed by atoms with Gasteiger partial charge >= 0.3 is 5.97 Å². The smallest absolute Gasteiger partial charge is 0.307 e. The van der Waals surface area contributed by atoms with E-state index in [1.54, 1.807) is 26.0 Å². The second kappa shape index (κ2) is 5.09. The van der Waals surface area contributed by atoms with Crippen LogP contribution in [0.25, 0.3) is 0 Å². The maximum absolute atomic E-state index is 12.2. The number of carboxylic acids is 1. The molecule has 0 aliphatic heterocycles. The van der Waals surface area contributed by atoms with E-state index in [4.69, 9.17) is 16.7 Å². The zero-order chi connectivity index (χ0) is 15.1. The molecule has 1 fully saturated rings. The molecule has 108 valence electrons. The topological polar surface area (TPSA) is 66.4 Å². The lowest BCUT2D eigenvalue weighted by molar-refractivity contribution is -0.140. The zero-order valence-corrected chi connectivity index (χ0v) is 12.4. The van der Waals surface area contributed by atoms with Gasteiger partial charge in [-0.05, 0) is 30.0 Å². The molecule has 0 bridgehead atoms. The van der Waals surface area contributed by atoms with Crippen LogP contribution in [0.4, 0.5) is 0 Å². The third kappa shape index (κ3) is 2.66. The van der Waals surface area contributed by atoms with E-state index in [9.17, 15) is 9.59 Å². The Bertz CT molecular complexity index is 556. The third-order valence-corrected chi connectivity index (χ3v) is 4.32. The minimum atomic E-state index is -0.912. The van der Waals surface area contributed by atoms with E-state index in [0.29, 0.717) is 5.02 Å². The van der Waals surface area contributed by atoms with Gasteiger partial charge in [0.05, 0.1) is 17.9 Å². The second-order valence-corrected chi connectivity index (χ2v) is 6.34. The molecule has 1 aliphatic carbocycles. The Morgan fingerprint density at radius 2 is 2.00 bits per heavy atom. The molecule has 20 heavy (non-hydrogen) atoms. The molecule has 0 radical (unpaired) electrons. The minimum absolute atomic E-state index is 0.202. The van der Waals surface area contributed by atoms with Gasteiger partial charge in [0.15, 0.2) is 0 Å². The first-order valence-electron chi connectivity index (χ1n) is 6.53. The molecule has 2 rings (SSSR count). The van der Waals surface area contributed by atoms with E-state index in [1.807, 2.05) is 19.1 Å². The van der Waals surface area contributed by atoms with Gasteiger partial charge in [-0.2, -0.15) is 0 Å². The van der Waals surface area contributed by atoms with Crippen LogP contribution in [0.1, 0.15) is 32.4 Å². The van der Waals surface area contributed by atoms with Crippen LogP contribution in [0.3, 0.4) is 0 Å². The van der Waals surface area contributed by atoms with Crippen molar-refractivity contribution in [3.05, 3.63) is 34.9 Å². The molecular weight excluding hydrogens is 278 g/mol. The zero-order valence-electron chi connectivity index (χ0n) is 11.7. The number of benzene rings is 1. The number of halogens is 1. The Morgan fingerprint density at radius 3 is 2.50 bits per heavy atom. The van der Waals surface area contributed by atoms with Crippen LogP contribution in [-0.2, 0) is 9.59 Å². The molecule has 1 aromatic carbocycles. The van der Waals surface area contributed by atoms with Gasteiger partial charge in [0, 0.05) is 5.02 Å². The predicted molar refractivity (Wildman–Crippen MR) is 76.4 cm³/mol. The molecular formula is C15H18ClNO3. The SMILES string of the molecule is C[C@@H](NC(=O)[C@H]1[C@@H](C(=O)O)C1(C)C)c1cccc(Cl)c1. The Hall–Kier alpha value is -1.55. The van der Waals surface area contributed by atoms with Gasteiger partial charge in [0.2, 0.25) is 5.91 Å². The van der Waals surface area contributed by atoms with Crippen LogP contribution >= 0.6 is 11.6 Å². The number of carboxylic acid groups (broad SMARTS) is 1.